The van der Waals surface area contributed by atoms with Gasteiger partial charge in [-0.1, -0.05) is 20.3 Å². The van der Waals surface area contributed by atoms with Crippen molar-refractivity contribution >= 4 is 0 Å². The topological polar surface area (TPSA) is 24.1 Å². The first kappa shape index (κ1) is 12.0. The summed E-state index contributed by atoms with van der Waals surface area (Å²) in [4.78, 5) is 0. The van der Waals surface area contributed by atoms with Crippen LogP contribution in [0.2, 0.25) is 0 Å². The van der Waals surface area contributed by atoms with Crippen molar-refractivity contribution in [3.8, 4) is 0 Å². The Morgan fingerprint density at radius 2 is 2.00 bits per heavy atom. The standard InChI is InChI=1S/C12H26N2/c1-4-10(2)7-8-13-11(3)9-14-12-5-6-12/h10-14H,4-9H2,1-3H3. The third-order valence-corrected chi connectivity index (χ3v) is 3.12. The van der Waals surface area contributed by atoms with Crippen LogP contribution in [0.3, 0.4) is 0 Å². The monoisotopic (exact) mass is 198 g/mol. The highest BCUT2D eigenvalue weighted by Crippen LogP contribution is 2.18. The number of hydrogen-bond acceptors (Lipinski definition) is 2. The Kier molecular flexibility index (Phi) is 5.49. The summed E-state index contributed by atoms with van der Waals surface area (Å²) in [6.07, 6.45) is 5.39. The second-order valence-corrected chi connectivity index (χ2v) is 4.84. The molecule has 84 valence electrons. The molecule has 1 fully saturated rings. The molecule has 1 saturated carbocycles. The summed E-state index contributed by atoms with van der Waals surface area (Å²) in [5.74, 6) is 0.867. The number of rotatable bonds is 8. The Hall–Kier alpha value is -0.0800. The van der Waals surface area contributed by atoms with E-state index in [2.05, 4.69) is 31.4 Å². The lowest BCUT2D eigenvalue weighted by Gasteiger charge is -2.16. The molecular weight excluding hydrogens is 172 g/mol. The molecular formula is C12H26N2. The van der Waals surface area contributed by atoms with Gasteiger partial charge < -0.3 is 10.6 Å². The molecule has 2 atom stereocenters. The molecule has 1 aliphatic carbocycles. The van der Waals surface area contributed by atoms with Gasteiger partial charge in [0.15, 0.2) is 0 Å². The molecule has 0 heterocycles. The van der Waals surface area contributed by atoms with Gasteiger partial charge in [0.05, 0.1) is 0 Å². The predicted octanol–water partition coefficient (Wildman–Crippen LogP) is 2.15. The van der Waals surface area contributed by atoms with Crippen LogP contribution in [0.15, 0.2) is 0 Å². The molecule has 0 bridgehead atoms. The van der Waals surface area contributed by atoms with Crippen LogP contribution in [-0.2, 0) is 0 Å². The fourth-order valence-electron chi connectivity index (χ4n) is 1.48. The van der Waals surface area contributed by atoms with E-state index in [1.54, 1.807) is 0 Å². The van der Waals surface area contributed by atoms with Gasteiger partial charge in [-0.25, -0.2) is 0 Å². The SMILES string of the molecule is CCC(C)CCNC(C)CNC1CC1. The summed E-state index contributed by atoms with van der Waals surface area (Å²) >= 11 is 0. The van der Waals surface area contributed by atoms with Crippen molar-refractivity contribution < 1.29 is 0 Å². The smallest absolute Gasteiger partial charge is 0.0164 e. The van der Waals surface area contributed by atoms with E-state index >= 15 is 0 Å². The van der Waals surface area contributed by atoms with Crippen LogP contribution in [0.4, 0.5) is 0 Å². The molecule has 0 amide bonds. The highest BCUT2D eigenvalue weighted by Gasteiger charge is 2.20. The lowest BCUT2D eigenvalue weighted by atomic mass is 10.1. The Balaban J connectivity index is 1.88. The van der Waals surface area contributed by atoms with E-state index in [0.717, 1.165) is 18.5 Å². The summed E-state index contributed by atoms with van der Waals surface area (Å²) in [5, 5.41) is 7.11. The molecule has 0 aromatic carbocycles. The van der Waals surface area contributed by atoms with E-state index < -0.39 is 0 Å². The lowest BCUT2D eigenvalue weighted by molar-refractivity contribution is 0.443. The van der Waals surface area contributed by atoms with Gasteiger partial charge in [0.1, 0.15) is 0 Å². The van der Waals surface area contributed by atoms with Crippen molar-refractivity contribution in [3.63, 3.8) is 0 Å². The van der Waals surface area contributed by atoms with Crippen LogP contribution in [-0.4, -0.2) is 25.2 Å². The van der Waals surface area contributed by atoms with Crippen molar-refractivity contribution in [1.29, 1.82) is 0 Å². The van der Waals surface area contributed by atoms with Crippen molar-refractivity contribution in [3.05, 3.63) is 0 Å². The molecule has 0 spiro atoms. The summed E-state index contributed by atoms with van der Waals surface area (Å²) in [5.41, 5.74) is 0. The third-order valence-electron chi connectivity index (χ3n) is 3.12. The van der Waals surface area contributed by atoms with Gasteiger partial charge >= 0.3 is 0 Å². The summed E-state index contributed by atoms with van der Waals surface area (Å²) in [6.45, 7) is 9.16. The summed E-state index contributed by atoms with van der Waals surface area (Å²) in [7, 11) is 0. The van der Waals surface area contributed by atoms with E-state index in [-0.39, 0.29) is 0 Å². The molecule has 2 heteroatoms. The minimum absolute atomic E-state index is 0.625. The van der Waals surface area contributed by atoms with E-state index in [1.165, 1.54) is 32.2 Å². The molecule has 2 nitrogen and oxygen atoms in total. The van der Waals surface area contributed by atoms with Crippen LogP contribution >= 0.6 is 0 Å². The molecule has 1 rings (SSSR count). The fraction of sp³-hybridized carbons (Fsp3) is 1.00. The second-order valence-electron chi connectivity index (χ2n) is 4.84. The third kappa shape index (κ3) is 5.61. The van der Waals surface area contributed by atoms with Gasteiger partial charge in [-0.2, -0.15) is 0 Å². The fourth-order valence-corrected chi connectivity index (χ4v) is 1.48. The maximum absolute atomic E-state index is 3.57. The first-order valence-electron chi connectivity index (χ1n) is 6.19. The number of hydrogen-bond donors (Lipinski definition) is 2. The minimum Gasteiger partial charge on any atom is -0.313 e. The van der Waals surface area contributed by atoms with Crippen molar-refractivity contribution in [2.24, 2.45) is 5.92 Å². The average molecular weight is 198 g/mol. The molecule has 0 saturated heterocycles. The van der Waals surface area contributed by atoms with Gasteiger partial charge in [0, 0.05) is 18.6 Å². The molecule has 0 aliphatic heterocycles. The maximum atomic E-state index is 3.57. The molecule has 0 aromatic heterocycles. The first-order valence-corrected chi connectivity index (χ1v) is 6.19. The van der Waals surface area contributed by atoms with Crippen LogP contribution in [0.1, 0.15) is 46.5 Å². The largest absolute Gasteiger partial charge is 0.313 e. The molecule has 2 N–H and O–H groups in total. The Morgan fingerprint density at radius 3 is 2.57 bits per heavy atom. The van der Waals surface area contributed by atoms with Crippen molar-refractivity contribution in [1.82, 2.24) is 10.6 Å². The highest BCUT2D eigenvalue weighted by atomic mass is 15.0. The van der Waals surface area contributed by atoms with Crippen LogP contribution in [0.5, 0.6) is 0 Å². The van der Waals surface area contributed by atoms with Crippen molar-refractivity contribution in [2.75, 3.05) is 13.1 Å². The van der Waals surface area contributed by atoms with Gasteiger partial charge in [-0.15, -0.1) is 0 Å². The van der Waals surface area contributed by atoms with E-state index in [4.69, 9.17) is 0 Å². The second kappa shape index (κ2) is 6.41. The van der Waals surface area contributed by atoms with Gasteiger partial charge in [-0.3, -0.25) is 0 Å². The summed E-state index contributed by atoms with van der Waals surface area (Å²) < 4.78 is 0. The van der Waals surface area contributed by atoms with Gasteiger partial charge in [-0.05, 0) is 38.6 Å². The van der Waals surface area contributed by atoms with Crippen LogP contribution < -0.4 is 10.6 Å². The molecule has 0 radical (unpaired) electrons. The van der Waals surface area contributed by atoms with Gasteiger partial charge in [0.25, 0.3) is 0 Å². The van der Waals surface area contributed by atoms with E-state index in [0.29, 0.717) is 6.04 Å². The molecule has 14 heavy (non-hydrogen) atoms. The van der Waals surface area contributed by atoms with Crippen molar-refractivity contribution in [2.45, 2.75) is 58.5 Å². The lowest BCUT2D eigenvalue weighted by Crippen LogP contribution is -2.37. The zero-order valence-electron chi connectivity index (χ0n) is 9.97. The zero-order valence-corrected chi connectivity index (χ0v) is 9.97. The van der Waals surface area contributed by atoms with Gasteiger partial charge in [0.2, 0.25) is 0 Å². The van der Waals surface area contributed by atoms with E-state index in [9.17, 15) is 0 Å². The maximum Gasteiger partial charge on any atom is 0.0164 e. The quantitative estimate of drug-likeness (QED) is 0.624. The van der Waals surface area contributed by atoms with Crippen LogP contribution in [0, 0.1) is 5.92 Å². The minimum atomic E-state index is 0.625. The highest BCUT2D eigenvalue weighted by molar-refractivity contribution is 4.82. The number of nitrogens with one attached hydrogen (secondary N) is 2. The average Bonchev–Trinajstić information content (AvgIpc) is 2.98. The molecule has 1 aliphatic rings. The normalized spacial score (nSPS) is 20.8. The predicted molar refractivity (Wildman–Crippen MR) is 62.6 cm³/mol. The Morgan fingerprint density at radius 1 is 1.29 bits per heavy atom. The molecule has 2 unspecified atom stereocenters. The zero-order chi connectivity index (χ0) is 10.4. The summed E-state index contributed by atoms with van der Waals surface area (Å²) in [6, 6.07) is 1.47. The van der Waals surface area contributed by atoms with E-state index in [1.807, 2.05) is 0 Å². The first-order chi connectivity index (χ1) is 6.72. The Bertz CT molecular complexity index is 143. The van der Waals surface area contributed by atoms with Crippen LogP contribution in [0.25, 0.3) is 0 Å². The Labute approximate surface area is 88.8 Å². The molecule has 0 aromatic rings.